The van der Waals surface area contributed by atoms with Crippen molar-refractivity contribution in [2.45, 2.75) is 31.2 Å². The van der Waals surface area contributed by atoms with Crippen molar-refractivity contribution in [2.75, 3.05) is 6.26 Å². The molecule has 0 spiro atoms. The number of nitrogens with one attached hydrogen (secondary N) is 1. The number of rotatable bonds is 6. The molecule has 0 aliphatic heterocycles. The van der Waals surface area contributed by atoms with Crippen LogP contribution in [0.15, 0.2) is 29.2 Å². The summed E-state index contributed by atoms with van der Waals surface area (Å²) in [6.07, 6.45) is 1.91. The summed E-state index contributed by atoms with van der Waals surface area (Å²) in [6.45, 7) is 3.79. The number of aliphatic carboxylic acids is 1. The van der Waals surface area contributed by atoms with Crippen molar-refractivity contribution in [1.82, 2.24) is 5.32 Å². The van der Waals surface area contributed by atoms with Crippen LogP contribution in [-0.2, 0) is 4.79 Å². The van der Waals surface area contributed by atoms with E-state index in [2.05, 4.69) is 5.32 Å². The normalized spacial score (nSPS) is 12.2. The topological polar surface area (TPSA) is 66.4 Å². The van der Waals surface area contributed by atoms with Crippen LogP contribution in [0.3, 0.4) is 0 Å². The monoisotopic (exact) mass is 281 g/mol. The summed E-state index contributed by atoms with van der Waals surface area (Å²) in [5.74, 6) is -1.06. The molecule has 1 atom stereocenters. The lowest BCUT2D eigenvalue weighted by atomic mass is 10.0. The molecule has 0 aliphatic rings. The summed E-state index contributed by atoms with van der Waals surface area (Å²) < 4.78 is 0. The third-order valence-electron chi connectivity index (χ3n) is 2.87. The fraction of sp³-hybridized carbons (Fsp3) is 0.429. The minimum Gasteiger partial charge on any atom is -0.481 e. The number of amides is 1. The van der Waals surface area contributed by atoms with Crippen molar-refractivity contribution < 1.29 is 14.7 Å². The molecular formula is C14H19NO3S. The first-order valence-corrected chi connectivity index (χ1v) is 7.33. The Hall–Kier alpha value is -1.49. The van der Waals surface area contributed by atoms with Gasteiger partial charge in [-0.25, -0.2) is 0 Å². The molecule has 0 fully saturated rings. The second kappa shape index (κ2) is 7.19. The number of carboxylic acids is 1. The average Bonchev–Trinajstić information content (AvgIpc) is 2.37. The highest BCUT2D eigenvalue weighted by atomic mass is 32.2. The minimum atomic E-state index is -0.906. The van der Waals surface area contributed by atoms with Crippen LogP contribution in [0.25, 0.3) is 0 Å². The molecule has 0 radical (unpaired) electrons. The van der Waals surface area contributed by atoms with Gasteiger partial charge in [0.2, 0.25) is 0 Å². The molecule has 0 saturated carbocycles. The fourth-order valence-corrected chi connectivity index (χ4v) is 2.04. The second-order valence-corrected chi connectivity index (χ2v) is 5.53. The van der Waals surface area contributed by atoms with E-state index >= 15 is 0 Å². The highest BCUT2D eigenvalue weighted by molar-refractivity contribution is 7.98. The molecule has 1 unspecified atom stereocenters. The molecule has 1 aromatic carbocycles. The summed E-state index contributed by atoms with van der Waals surface area (Å²) in [5.41, 5.74) is 0.550. The molecule has 2 N–H and O–H groups in total. The van der Waals surface area contributed by atoms with Crippen LogP contribution in [0.5, 0.6) is 0 Å². The van der Waals surface area contributed by atoms with E-state index in [1.807, 2.05) is 32.2 Å². The zero-order chi connectivity index (χ0) is 14.4. The van der Waals surface area contributed by atoms with Gasteiger partial charge in [-0.15, -0.1) is 11.8 Å². The quantitative estimate of drug-likeness (QED) is 0.787. The molecule has 0 saturated heterocycles. The third kappa shape index (κ3) is 4.95. The Morgan fingerprint density at radius 3 is 2.26 bits per heavy atom. The zero-order valence-electron chi connectivity index (χ0n) is 11.3. The van der Waals surface area contributed by atoms with E-state index in [-0.39, 0.29) is 24.3 Å². The van der Waals surface area contributed by atoms with Crippen molar-refractivity contribution >= 4 is 23.6 Å². The predicted octanol–water partition coefficient (Wildman–Crippen LogP) is 2.64. The van der Waals surface area contributed by atoms with Crippen LogP contribution in [0.1, 0.15) is 30.6 Å². The van der Waals surface area contributed by atoms with Gasteiger partial charge in [0.1, 0.15) is 0 Å². The van der Waals surface area contributed by atoms with Crippen LogP contribution in [-0.4, -0.2) is 29.3 Å². The molecule has 0 heterocycles. The van der Waals surface area contributed by atoms with E-state index < -0.39 is 5.97 Å². The van der Waals surface area contributed by atoms with Crippen LogP contribution in [0.4, 0.5) is 0 Å². The molecule has 0 bridgehead atoms. The zero-order valence-corrected chi connectivity index (χ0v) is 12.2. The molecule has 1 rings (SSSR count). The summed E-state index contributed by atoms with van der Waals surface area (Å²) in [7, 11) is 0. The molecule has 0 aliphatic carbocycles. The van der Waals surface area contributed by atoms with Crippen molar-refractivity contribution in [2.24, 2.45) is 5.92 Å². The highest BCUT2D eigenvalue weighted by Gasteiger charge is 2.19. The van der Waals surface area contributed by atoms with Gasteiger partial charge in [0.25, 0.3) is 5.91 Å². The number of carbonyl (C=O) groups excluding carboxylic acids is 1. The lowest BCUT2D eigenvalue weighted by Gasteiger charge is -2.20. The minimum absolute atomic E-state index is 0.0632. The molecule has 19 heavy (non-hydrogen) atoms. The standard InChI is InChI=1S/C14H19NO3S/c1-9(2)12(8-13(16)17)15-14(18)10-4-6-11(19-3)7-5-10/h4-7,9,12H,8H2,1-3H3,(H,15,18)(H,16,17). The average molecular weight is 281 g/mol. The molecular weight excluding hydrogens is 262 g/mol. The second-order valence-electron chi connectivity index (χ2n) is 4.65. The van der Waals surface area contributed by atoms with Gasteiger partial charge < -0.3 is 10.4 Å². The number of carbonyl (C=O) groups is 2. The Morgan fingerprint density at radius 2 is 1.84 bits per heavy atom. The maximum absolute atomic E-state index is 12.0. The van der Waals surface area contributed by atoms with Gasteiger partial charge in [-0.1, -0.05) is 13.8 Å². The summed E-state index contributed by atoms with van der Waals surface area (Å²) in [6, 6.07) is 6.89. The van der Waals surface area contributed by atoms with Crippen molar-refractivity contribution in [1.29, 1.82) is 0 Å². The molecule has 1 aromatic rings. The van der Waals surface area contributed by atoms with Crippen LogP contribution >= 0.6 is 11.8 Å². The van der Waals surface area contributed by atoms with Crippen LogP contribution < -0.4 is 5.32 Å². The van der Waals surface area contributed by atoms with Gasteiger partial charge in [-0.05, 0) is 36.4 Å². The van der Waals surface area contributed by atoms with E-state index in [9.17, 15) is 9.59 Å². The lowest BCUT2D eigenvalue weighted by Crippen LogP contribution is -2.40. The van der Waals surface area contributed by atoms with E-state index in [1.165, 1.54) is 0 Å². The van der Waals surface area contributed by atoms with Gasteiger partial charge >= 0.3 is 5.97 Å². The van der Waals surface area contributed by atoms with E-state index in [0.717, 1.165) is 4.90 Å². The number of benzene rings is 1. The third-order valence-corrected chi connectivity index (χ3v) is 3.61. The first-order valence-electron chi connectivity index (χ1n) is 6.10. The Kier molecular flexibility index (Phi) is 5.89. The maximum atomic E-state index is 12.0. The molecule has 5 heteroatoms. The van der Waals surface area contributed by atoms with Crippen LogP contribution in [0.2, 0.25) is 0 Å². The van der Waals surface area contributed by atoms with Gasteiger partial charge in [-0.2, -0.15) is 0 Å². The van der Waals surface area contributed by atoms with E-state index in [0.29, 0.717) is 5.56 Å². The smallest absolute Gasteiger partial charge is 0.305 e. The van der Waals surface area contributed by atoms with Crippen molar-refractivity contribution in [3.63, 3.8) is 0 Å². The summed E-state index contributed by atoms with van der Waals surface area (Å²) >= 11 is 1.61. The van der Waals surface area contributed by atoms with Crippen molar-refractivity contribution in [3.05, 3.63) is 29.8 Å². The SMILES string of the molecule is CSc1ccc(C(=O)NC(CC(=O)O)C(C)C)cc1. The highest BCUT2D eigenvalue weighted by Crippen LogP contribution is 2.15. The first kappa shape index (κ1) is 15.6. The first-order chi connectivity index (χ1) is 8.93. The number of carboxylic acid groups (broad SMARTS) is 1. The lowest BCUT2D eigenvalue weighted by molar-refractivity contribution is -0.137. The summed E-state index contributed by atoms with van der Waals surface area (Å²) in [5, 5.41) is 11.6. The van der Waals surface area contributed by atoms with Crippen molar-refractivity contribution in [3.8, 4) is 0 Å². The largest absolute Gasteiger partial charge is 0.481 e. The molecule has 4 nitrogen and oxygen atoms in total. The fourth-order valence-electron chi connectivity index (χ4n) is 1.64. The Labute approximate surface area is 117 Å². The van der Waals surface area contributed by atoms with E-state index in [1.54, 1.807) is 23.9 Å². The van der Waals surface area contributed by atoms with Gasteiger partial charge in [0, 0.05) is 16.5 Å². The molecule has 0 aromatic heterocycles. The predicted molar refractivity (Wildman–Crippen MR) is 76.6 cm³/mol. The number of thioether (sulfide) groups is 1. The van der Waals surface area contributed by atoms with Gasteiger partial charge in [-0.3, -0.25) is 9.59 Å². The Balaban J connectivity index is 2.72. The number of hydrogen-bond donors (Lipinski definition) is 2. The number of hydrogen-bond acceptors (Lipinski definition) is 3. The van der Waals surface area contributed by atoms with E-state index in [4.69, 9.17) is 5.11 Å². The molecule has 104 valence electrons. The van der Waals surface area contributed by atoms with Crippen LogP contribution in [0, 0.1) is 5.92 Å². The van der Waals surface area contributed by atoms with Gasteiger partial charge in [0.05, 0.1) is 6.42 Å². The Bertz CT molecular complexity index is 443. The summed E-state index contributed by atoms with van der Waals surface area (Å²) in [4.78, 5) is 23.9. The Morgan fingerprint density at radius 1 is 1.26 bits per heavy atom. The maximum Gasteiger partial charge on any atom is 0.305 e. The van der Waals surface area contributed by atoms with Gasteiger partial charge in [0.15, 0.2) is 0 Å². The molecule has 1 amide bonds.